The lowest BCUT2D eigenvalue weighted by molar-refractivity contribution is -0.873. The predicted octanol–water partition coefficient (Wildman–Crippen LogP) is 2.00. The molecule has 0 fully saturated rings. The summed E-state index contributed by atoms with van der Waals surface area (Å²) < 4.78 is 4.73. The van der Waals surface area contributed by atoms with Gasteiger partial charge in [0.25, 0.3) is 5.91 Å². The van der Waals surface area contributed by atoms with Crippen LogP contribution < -0.4 is 5.43 Å². The predicted molar refractivity (Wildman–Crippen MR) is 65.9 cm³/mol. The van der Waals surface area contributed by atoms with Crippen molar-refractivity contribution in [1.82, 2.24) is 5.43 Å². The van der Waals surface area contributed by atoms with Gasteiger partial charge in [-0.05, 0) is 19.8 Å². The zero-order chi connectivity index (χ0) is 13.3. The standard InChI is InChI=1S/C12H22N2O3/c1-5-8-9-10-14(4,12(16)17-7-3)13-11(15)6-2/h6H,2,5,7-10H2,1,3-4H3/p+1. The van der Waals surface area contributed by atoms with Crippen LogP contribution >= 0.6 is 0 Å². The maximum atomic E-state index is 11.8. The van der Waals surface area contributed by atoms with Gasteiger partial charge < -0.3 is 4.74 Å². The Kier molecular flexibility index (Phi) is 7.21. The third kappa shape index (κ3) is 5.49. The Morgan fingerprint density at radius 3 is 2.47 bits per heavy atom. The highest BCUT2D eigenvalue weighted by Crippen LogP contribution is 2.07. The molecular weight excluding hydrogens is 220 g/mol. The first-order valence-corrected chi connectivity index (χ1v) is 5.97. The van der Waals surface area contributed by atoms with E-state index in [-0.39, 0.29) is 10.5 Å². The maximum absolute atomic E-state index is 11.8. The van der Waals surface area contributed by atoms with Crippen molar-refractivity contribution in [2.45, 2.75) is 33.1 Å². The molecule has 0 aromatic heterocycles. The van der Waals surface area contributed by atoms with E-state index < -0.39 is 6.09 Å². The van der Waals surface area contributed by atoms with E-state index in [1.165, 1.54) is 0 Å². The number of nitrogens with zero attached hydrogens (tertiary/aromatic N) is 1. The lowest BCUT2D eigenvalue weighted by atomic mass is 10.2. The van der Waals surface area contributed by atoms with Crippen LogP contribution in [0.4, 0.5) is 4.79 Å². The fourth-order valence-electron chi connectivity index (χ4n) is 1.43. The van der Waals surface area contributed by atoms with Crippen molar-refractivity contribution >= 4 is 12.0 Å². The topological polar surface area (TPSA) is 55.4 Å². The molecule has 2 amide bonds. The van der Waals surface area contributed by atoms with Gasteiger partial charge in [0.05, 0.1) is 6.61 Å². The highest BCUT2D eigenvalue weighted by Gasteiger charge is 2.35. The van der Waals surface area contributed by atoms with Crippen LogP contribution in [0, 0.1) is 0 Å². The molecule has 1 N–H and O–H groups in total. The third-order valence-corrected chi connectivity index (χ3v) is 2.42. The zero-order valence-corrected chi connectivity index (χ0v) is 11.0. The van der Waals surface area contributed by atoms with Crippen LogP contribution in [0.5, 0.6) is 0 Å². The molecule has 0 aromatic rings. The molecule has 0 aliphatic carbocycles. The summed E-state index contributed by atoms with van der Waals surface area (Å²) in [5, 5.41) is 0. The molecule has 0 saturated heterocycles. The van der Waals surface area contributed by atoms with Crippen LogP contribution in [0.15, 0.2) is 12.7 Å². The lowest BCUT2D eigenvalue weighted by Crippen LogP contribution is -2.61. The second kappa shape index (κ2) is 7.84. The molecule has 98 valence electrons. The summed E-state index contributed by atoms with van der Waals surface area (Å²) in [4.78, 5) is 23.1. The summed E-state index contributed by atoms with van der Waals surface area (Å²) in [6.07, 6.45) is 3.62. The summed E-state index contributed by atoms with van der Waals surface area (Å²) in [6.45, 7) is 8.01. The first-order chi connectivity index (χ1) is 8.00. The van der Waals surface area contributed by atoms with E-state index in [1.807, 2.05) is 0 Å². The van der Waals surface area contributed by atoms with Gasteiger partial charge in [0, 0.05) is 6.08 Å². The van der Waals surface area contributed by atoms with Gasteiger partial charge in [0.15, 0.2) is 0 Å². The molecule has 5 heteroatoms. The fraction of sp³-hybridized carbons (Fsp3) is 0.667. The van der Waals surface area contributed by atoms with Crippen molar-refractivity contribution in [1.29, 1.82) is 0 Å². The number of amides is 2. The van der Waals surface area contributed by atoms with E-state index in [0.29, 0.717) is 13.2 Å². The quantitative estimate of drug-likeness (QED) is 0.336. The highest BCUT2D eigenvalue weighted by atomic mass is 16.6. The molecule has 0 rings (SSSR count). The molecule has 0 radical (unpaired) electrons. The van der Waals surface area contributed by atoms with Crippen molar-refractivity contribution in [3.8, 4) is 0 Å². The molecule has 0 aliphatic rings. The highest BCUT2D eigenvalue weighted by molar-refractivity contribution is 5.86. The number of unbranched alkanes of at least 4 members (excludes halogenated alkanes) is 2. The summed E-state index contributed by atoms with van der Waals surface area (Å²) >= 11 is 0. The Bertz CT molecular complexity index is 279. The molecule has 0 spiro atoms. The van der Waals surface area contributed by atoms with Crippen molar-refractivity contribution < 1.29 is 18.9 Å². The van der Waals surface area contributed by atoms with E-state index >= 15 is 0 Å². The van der Waals surface area contributed by atoms with Crippen LogP contribution in [0.1, 0.15) is 33.1 Å². The number of ether oxygens (including phenoxy) is 1. The van der Waals surface area contributed by atoms with Crippen molar-refractivity contribution in [3.63, 3.8) is 0 Å². The lowest BCUT2D eigenvalue weighted by Gasteiger charge is -2.28. The maximum Gasteiger partial charge on any atom is 0.541 e. The molecule has 17 heavy (non-hydrogen) atoms. The number of nitrogens with one attached hydrogen (secondary N) is 1. The monoisotopic (exact) mass is 243 g/mol. The molecule has 0 aliphatic heterocycles. The minimum absolute atomic E-state index is 0.237. The number of carbonyl (C=O) groups is 2. The van der Waals surface area contributed by atoms with Gasteiger partial charge in [-0.1, -0.05) is 19.9 Å². The Morgan fingerprint density at radius 2 is 2.00 bits per heavy atom. The van der Waals surface area contributed by atoms with E-state index in [9.17, 15) is 9.59 Å². The molecule has 0 bridgehead atoms. The molecule has 1 atom stereocenters. The Morgan fingerprint density at radius 1 is 1.35 bits per heavy atom. The second-order valence-electron chi connectivity index (χ2n) is 4.00. The van der Waals surface area contributed by atoms with Gasteiger partial charge in [0.1, 0.15) is 13.6 Å². The number of hydrogen-bond acceptors (Lipinski definition) is 3. The minimum atomic E-state index is -0.446. The third-order valence-electron chi connectivity index (χ3n) is 2.42. The van der Waals surface area contributed by atoms with Crippen molar-refractivity contribution in [3.05, 3.63) is 12.7 Å². The Balaban J connectivity index is 4.60. The fourth-order valence-corrected chi connectivity index (χ4v) is 1.43. The van der Waals surface area contributed by atoms with Gasteiger partial charge in [-0.15, -0.1) is 4.59 Å². The Labute approximate surface area is 103 Å². The Hall–Kier alpha value is -1.36. The molecule has 5 nitrogen and oxygen atoms in total. The average molecular weight is 243 g/mol. The smallest absolute Gasteiger partial charge is 0.419 e. The average Bonchev–Trinajstić information content (AvgIpc) is 2.29. The van der Waals surface area contributed by atoms with E-state index in [0.717, 1.165) is 25.3 Å². The number of carbonyl (C=O) groups excluding carboxylic acids is 2. The minimum Gasteiger partial charge on any atom is -0.419 e. The summed E-state index contributed by atoms with van der Waals surface area (Å²) in [7, 11) is 1.63. The van der Waals surface area contributed by atoms with Crippen LogP contribution in [0.2, 0.25) is 0 Å². The van der Waals surface area contributed by atoms with Gasteiger partial charge in [-0.25, -0.2) is 0 Å². The SMILES string of the molecule is C=CC(=O)N[N+](C)(CCCCC)C(=O)OCC. The number of quaternary nitrogens is 1. The zero-order valence-electron chi connectivity index (χ0n) is 11.0. The van der Waals surface area contributed by atoms with Gasteiger partial charge in [0.2, 0.25) is 0 Å². The van der Waals surface area contributed by atoms with Gasteiger partial charge >= 0.3 is 6.09 Å². The molecular formula is C12H23N2O3+. The van der Waals surface area contributed by atoms with Gasteiger partial charge in [-0.2, -0.15) is 10.2 Å². The van der Waals surface area contributed by atoms with Gasteiger partial charge in [-0.3, -0.25) is 4.79 Å². The summed E-state index contributed by atoms with van der Waals surface area (Å²) in [5.74, 6) is -0.378. The second-order valence-corrected chi connectivity index (χ2v) is 4.00. The molecule has 0 saturated carbocycles. The normalized spacial score (nSPS) is 13.6. The number of hydrogen-bond donors (Lipinski definition) is 1. The largest absolute Gasteiger partial charge is 0.541 e. The van der Waals surface area contributed by atoms with Crippen molar-refractivity contribution in [2.75, 3.05) is 20.2 Å². The van der Waals surface area contributed by atoms with Crippen molar-refractivity contribution in [2.24, 2.45) is 0 Å². The molecule has 0 aromatic carbocycles. The van der Waals surface area contributed by atoms with Crippen LogP contribution in [-0.2, 0) is 9.53 Å². The van der Waals surface area contributed by atoms with E-state index in [1.54, 1.807) is 14.0 Å². The first-order valence-electron chi connectivity index (χ1n) is 5.97. The van der Waals surface area contributed by atoms with Crippen LogP contribution in [0.3, 0.4) is 0 Å². The first kappa shape index (κ1) is 15.6. The summed E-state index contributed by atoms with van der Waals surface area (Å²) in [5.41, 5.74) is 2.59. The summed E-state index contributed by atoms with van der Waals surface area (Å²) in [6, 6.07) is 0. The molecule has 0 heterocycles. The van der Waals surface area contributed by atoms with E-state index in [2.05, 4.69) is 18.9 Å². The molecule has 1 unspecified atom stereocenters. The number of rotatable bonds is 6. The van der Waals surface area contributed by atoms with Crippen LogP contribution in [0.25, 0.3) is 0 Å². The van der Waals surface area contributed by atoms with E-state index in [4.69, 9.17) is 4.74 Å². The van der Waals surface area contributed by atoms with Crippen LogP contribution in [-0.4, -0.2) is 36.8 Å².